The third-order valence-corrected chi connectivity index (χ3v) is 15.4. The van der Waals surface area contributed by atoms with Crippen LogP contribution in [0.1, 0.15) is 116 Å². The molecule has 0 spiro atoms. The fourth-order valence-corrected chi connectivity index (χ4v) is 11.9. The van der Waals surface area contributed by atoms with Gasteiger partial charge in [-0.3, -0.25) is 9.59 Å². The Hall–Kier alpha value is -4.00. The van der Waals surface area contributed by atoms with E-state index in [9.17, 15) is 35.1 Å². The van der Waals surface area contributed by atoms with Gasteiger partial charge < -0.3 is 87.0 Å². The van der Waals surface area contributed by atoms with Gasteiger partial charge in [0, 0.05) is 76.0 Å². The largest absolute Gasteiger partial charge is 0.506 e. The molecule has 7 heterocycles. The Morgan fingerprint density at radius 3 is 2.25 bits per heavy atom. The second-order valence-electron chi connectivity index (χ2n) is 19.5. The van der Waals surface area contributed by atoms with Crippen LogP contribution in [-0.2, 0) is 60.2 Å². The molecular weight excluding hydrogens is 895 g/mol. The van der Waals surface area contributed by atoms with Gasteiger partial charge in [0.15, 0.2) is 37.0 Å². The fourth-order valence-electron chi connectivity index (χ4n) is 11.9. The van der Waals surface area contributed by atoms with E-state index in [1.165, 1.54) is 0 Å². The number of phenols is 2. The number of nitrogens with zero attached hydrogens (tertiary/aromatic N) is 1. The van der Waals surface area contributed by atoms with Gasteiger partial charge in [-0.05, 0) is 45.2 Å². The van der Waals surface area contributed by atoms with Crippen molar-refractivity contribution >= 4 is 16.9 Å². The van der Waals surface area contributed by atoms with Crippen molar-refractivity contribution in [3.05, 3.63) is 49.9 Å². The number of methoxy groups -OCH3 is 2. The van der Waals surface area contributed by atoms with Gasteiger partial charge in [-0.2, -0.15) is 0 Å². The Balaban J connectivity index is 0.805. The first kappa shape index (κ1) is 46.4. The zero-order chi connectivity index (χ0) is 47.7. The SMILES string of the molecule is CO[C@H]1C[C@@H](O[C@H]2[C@@H](OC)C[C@H](O[C@H]3CC[C@@H](O[C@H]4C[C@@H](O)c5c(oc6c7c8c(c(O)c6c5=O)-c5c(cc6c(c5O)C(=O)N5CCO[C@]5(C)C6)C[C@@H]8OCO7)[C@H]4O)O[C@@H]3C)O[C@@H]2C)O[C@H](C)[C@@H]1O. The highest BCUT2D eigenvalue weighted by Crippen LogP contribution is 2.58. The van der Waals surface area contributed by atoms with E-state index in [4.69, 9.17) is 56.5 Å². The van der Waals surface area contributed by atoms with Crippen molar-refractivity contribution in [3.8, 4) is 28.4 Å². The molecule has 2 aromatic carbocycles. The zero-order valence-corrected chi connectivity index (χ0v) is 38.7. The van der Waals surface area contributed by atoms with Crippen LogP contribution in [0.25, 0.3) is 22.1 Å². The molecule has 0 radical (unpaired) electrons. The number of aromatic hydroxyl groups is 2. The summed E-state index contributed by atoms with van der Waals surface area (Å²) in [5.74, 6) is -1.46. The number of amides is 1. The number of aliphatic hydroxyl groups is 3. The highest BCUT2D eigenvalue weighted by molar-refractivity contribution is 6.06. The maximum Gasteiger partial charge on any atom is 0.260 e. The topological polar surface area (TPSA) is 253 Å². The van der Waals surface area contributed by atoms with E-state index < -0.39 is 103 Å². The van der Waals surface area contributed by atoms with Crippen LogP contribution in [-0.4, -0.2) is 150 Å². The molecule has 5 N–H and O–H groups in total. The smallest absolute Gasteiger partial charge is 0.260 e. The average Bonchev–Trinajstić information content (AvgIpc) is 3.70. The summed E-state index contributed by atoms with van der Waals surface area (Å²) >= 11 is 0. The van der Waals surface area contributed by atoms with Gasteiger partial charge in [0.05, 0.1) is 72.7 Å². The molecule has 4 saturated heterocycles. The maximum absolute atomic E-state index is 14.6. The van der Waals surface area contributed by atoms with Crippen LogP contribution >= 0.6 is 0 Å². The number of benzene rings is 2. The summed E-state index contributed by atoms with van der Waals surface area (Å²) in [5, 5.41) is 57.6. The molecule has 0 bridgehead atoms. The van der Waals surface area contributed by atoms with Crippen molar-refractivity contribution in [2.45, 2.75) is 170 Å². The van der Waals surface area contributed by atoms with Crippen molar-refractivity contribution in [1.82, 2.24) is 4.90 Å². The van der Waals surface area contributed by atoms with E-state index in [2.05, 4.69) is 0 Å². The van der Waals surface area contributed by atoms with Crippen LogP contribution < -0.4 is 10.2 Å². The number of carbonyl (C=O) groups excluding carboxylic acids is 1. The molecule has 6 aliphatic heterocycles. The van der Waals surface area contributed by atoms with Crippen molar-refractivity contribution < 1.29 is 86.8 Å². The molecule has 68 heavy (non-hydrogen) atoms. The summed E-state index contributed by atoms with van der Waals surface area (Å²) in [5.41, 5.74) is -0.241. The number of rotatable bonds is 8. The van der Waals surface area contributed by atoms with Gasteiger partial charge in [-0.1, -0.05) is 6.07 Å². The molecule has 4 fully saturated rings. The first-order chi connectivity index (χ1) is 32.6. The molecule has 2 aliphatic carbocycles. The predicted molar refractivity (Wildman–Crippen MR) is 232 cm³/mol. The van der Waals surface area contributed by atoms with Gasteiger partial charge in [-0.15, -0.1) is 0 Å². The van der Waals surface area contributed by atoms with Gasteiger partial charge in [0.25, 0.3) is 5.91 Å². The first-order valence-corrected chi connectivity index (χ1v) is 23.6. The Kier molecular flexibility index (Phi) is 11.9. The van der Waals surface area contributed by atoms with E-state index in [-0.39, 0.29) is 82.3 Å². The minimum absolute atomic E-state index is 0.0617. The normalized spacial score (nSPS) is 38.6. The molecule has 0 unspecified atom stereocenters. The number of aliphatic hydroxyl groups excluding tert-OH is 3. The first-order valence-electron chi connectivity index (χ1n) is 23.6. The van der Waals surface area contributed by atoms with Gasteiger partial charge in [0.2, 0.25) is 5.43 Å². The quantitative estimate of drug-likeness (QED) is 0.217. The van der Waals surface area contributed by atoms with E-state index >= 15 is 0 Å². The van der Waals surface area contributed by atoms with Crippen LogP contribution in [0.4, 0.5) is 0 Å². The Morgan fingerprint density at radius 1 is 0.765 bits per heavy atom. The Labute approximate surface area is 390 Å². The molecule has 3 aromatic rings. The zero-order valence-electron chi connectivity index (χ0n) is 38.7. The summed E-state index contributed by atoms with van der Waals surface area (Å²) in [7, 11) is 3.15. The summed E-state index contributed by atoms with van der Waals surface area (Å²) in [4.78, 5) is 30.0. The average molecular weight is 954 g/mol. The second kappa shape index (κ2) is 17.4. The maximum atomic E-state index is 14.6. The molecular formula is C48H59NO19. The minimum Gasteiger partial charge on any atom is -0.506 e. The van der Waals surface area contributed by atoms with E-state index in [1.54, 1.807) is 26.0 Å². The van der Waals surface area contributed by atoms with Gasteiger partial charge in [0.1, 0.15) is 46.7 Å². The van der Waals surface area contributed by atoms with Crippen LogP contribution in [0.15, 0.2) is 15.3 Å². The molecule has 0 saturated carbocycles. The van der Waals surface area contributed by atoms with E-state index in [0.29, 0.717) is 61.9 Å². The summed E-state index contributed by atoms with van der Waals surface area (Å²) in [6.45, 7) is 7.81. The predicted octanol–water partition coefficient (Wildman–Crippen LogP) is 3.39. The Bertz CT molecular complexity index is 2550. The lowest BCUT2D eigenvalue weighted by molar-refractivity contribution is -0.330. The lowest BCUT2D eigenvalue weighted by Crippen LogP contribution is -2.55. The van der Waals surface area contributed by atoms with Crippen LogP contribution in [0, 0.1) is 0 Å². The lowest BCUT2D eigenvalue weighted by atomic mass is 9.77. The fraction of sp³-hybridized carbons (Fsp3) is 0.667. The number of hydrogen-bond acceptors (Lipinski definition) is 19. The molecule has 16 atom stereocenters. The second-order valence-corrected chi connectivity index (χ2v) is 19.5. The molecule has 8 aliphatic rings. The summed E-state index contributed by atoms with van der Waals surface area (Å²) in [6.07, 6.45) is -8.73. The van der Waals surface area contributed by atoms with Crippen LogP contribution in [0.5, 0.6) is 17.2 Å². The summed E-state index contributed by atoms with van der Waals surface area (Å²) in [6, 6.07) is 1.83. The third-order valence-electron chi connectivity index (χ3n) is 15.4. The molecule has 1 aromatic heterocycles. The van der Waals surface area contributed by atoms with Gasteiger partial charge in [-0.25, -0.2) is 0 Å². The highest BCUT2D eigenvalue weighted by Gasteiger charge is 2.51. The monoisotopic (exact) mass is 953 g/mol. The van der Waals surface area contributed by atoms with Crippen molar-refractivity contribution in [3.63, 3.8) is 0 Å². The molecule has 20 heteroatoms. The number of phenolic OH excluding ortho intramolecular Hbond substituents is 2. The highest BCUT2D eigenvalue weighted by atomic mass is 16.7. The van der Waals surface area contributed by atoms with E-state index in [1.807, 2.05) is 26.8 Å². The molecule has 370 valence electrons. The van der Waals surface area contributed by atoms with Gasteiger partial charge >= 0.3 is 0 Å². The van der Waals surface area contributed by atoms with E-state index in [0.717, 1.165) is 0 Å². The molecule has 20 nitrogen and oxygen atoms in total. The van der Waals surface area contributed by atoms with Crippen LogP contribution in [0.3, 0.4) is 0 Å². The summed E-state index contributed by atoms with van der Waals surface area (Å²) < 4.78 is 73.2. The Morgan fingerprint density at radius 2 is 1.49 bits per heavy atom. The van der Waals surface area contributed by atoms with Crippen molar-refractivity contribution in [1.29, 1.82) is 0 Å². The number of hydrogen-bond donors (Lipinski definition) is 5. The number of fused-ring (bicyclic) bond motifs is 7. The molecule has 1 amide bonds. The number of carbonyl (C=O) groups is 1. The number of ether oxygens (including phenoxy) is 11. The van der Waals surface area contributed by atoms with Crippen molar-refractivity contribution in [2.24, 2.45) is 0 Å². The van der Waals surface area contributed by atoms with Crippen molar-refractivity contribution in [2.75, 3.05) is 34.2 Å². The minimum atomic E-state index is -1.53. The standard InChI is InChI=1S/C48H59NO19/c1-18-24(65-30-15-28(58-6)43(20(3)64-30)67-31-14-26(57-5)38(51)19(2)63-31)7-8-29(62-18)66-27-13-23(50)34-41(54)37-42(55)36-32-21(11-22-16-48(4)49(9-10-61-48)47(56)33(22)40(32)53)12-25-35(36)45(60-17-59-25)46(37)68-44(34)39(27)52/h11,18-20,23-31,38-39,43,50-53,55H,7-10,12-17H2,1-6H3/t18-,19-,20-,23-,24+,25+,26+,27+,28+,29-,30+,31-,38+,39+,43-,48-/m1/s1. The third kappa shape index (κ3) is 7.36. The lowest BCUT2D eigenvalue weighted by Gasteiger charge is -2.45. The van der Waals surface area contributed by atoms with Crippen LogP contribution in [0.2, 0.25) is 0 Å². The molecule has 11 rings (SSSR count).